The molecule has 0 aliphatic heterocycles. The highest BCUT2D eigenvalue weighted by atomic mass is 35.5. The third kappa shape index (κ3) is 3.05. The molecule has 24 heavy (non-hydrogen) atoms. The molecule has 1 fully saturated rings. The van der Waals surface area contributed by atoms with E-state index in [2.05, 4.69) is 15.1 Å². The lowest BCUT2D eigenvalue weighted by molar-refractivity contribution is 0.364. The first-order valence-corrected chi connectivity index (χ1v) is 7.90. The minimum absolute atomic E-state index is 0. The fraction of sp³-hybridized carbons (Fsp3) is 0.278. The summed E-state index contributed by atoms with van der Waals surface area (Å²) in [6.07, 6.45) is 9.65. The lowest BCUT2D eigenvalue weighted by Gasteiger charge is -2.17. The van der Waals surface area contributed by atoms with Gasteiger partial charge in [0.05, 0.1) is 11.1 Å². The molecule has 124 valence electrons. The number of benzene rings is 1. The fourth-order valence-corrected chi connectivity index (χ4v) is 3.16. The minimum atomic E-state index is -0.420. The van der Waals surface area contributed by atoms with E-state index in [1.165, 1.54) is 0 Å². The lowest BCUT2D eigenvalue weighted by atomic mass is 9.99. The van der Waals surface area contributed by atoms with Crippen molar-refractivity contribution in [1.29, 1.82) is 0 Å². The number of nitrogens with two attached hydrogens (primary N) is 1. The van der Waals surface area contributed by atoms with E-state index in [9.17, 15) is 0 Å². The maximum atomic E-state index is 6.36. The molecule has 1 saturated carbocycles. The van der Waals surface area contributed by atoms with Crippen molar-refractivity contribution in [3.63, 3.8) is 0 Å². The number of halogens is 1. The summed E-state index contributed by atoms with van der Waals surface area (Å²) in [7, 11) is 0. The van der Waals surface area contributed by atoms with E-state index in [0.29, 0.717) is 11.7 Å². The molecule has 1 aliphatic rings. The molecule has 0 saturated heterocycles. The average Bonchev–Trinajstić information content (AvgIpc) is 3.23. The van der Waals surface area contributed by atoms with Crippen LogP contribution in [0.2, 0.25) is 0 Å². The van der Waals surface area contributed by atoms with Gasteiger partial charge in [-0.2, -0.15) is 4.98 Å². The van der Waals surface area contributed by atoms with Crippen LogP contribution in [0.5, 0.6) is 0 Å². The molecule has 0 unspecified atom stereocenters. The summed E-state index contributed by atoms with van der Waals surface area (Å²) < 4.78 is 5.33. The van der Waals surface area contributed by atoms with Gasteiger partial charge in [0, 0.05) is 23.2 Å². The molecule has 0 amide bonds. The zero-order valence-corrected chi connectivity index (χ0v) is 14.0. The molecule has 5 nitrogen and oxygen atoms in total. The summed E-state index contributed by atoms with van der Waals surface area (Å²) in [5, 5.41) is 5.17. The third-order valence-corrected chi connectivity index (χ3v) is 4.45. The van der Waals surface area contributed by atoms with Crippen molar-refractivity contribution in [3.05, 3.63) is 53.8 Å². The first kappa shape index (κ1) is 16.6. The molecular formula is C18H19ClN4O. The summed E-state index contributed by atoms with van der Waals surface area (Å²) in [4.78, 5) is 8.88. The molecule has 2 heterocycles. The molecule has 1 aromatic carbocycles. The Morgan fingerprint density at radius 2 is 1.88 bits per heavy atom. The monoisotopic (exact) mass is 342 g/mol. The van der Waals surface area contributed by atoms with Crippen molar-refractivity contribution >= 4 is 35.5 Å². The first-order valence-electron chi connectivity index (χ1n) is 7.90. The van der Waals surface area contributed by atoms with Gasteiger partial charge in [-0.05, 0) is 25.0 Å². The minimum Gasteiger partial charge on any atom is -0.335 e. The molecule has 6 heteroatoms. The predicted molar refractivity (Wildman–Crippen MR) is 96.6 cm³/mol. The summed E-state index contributed by atoms with van der Waals surface area (Å²) in [5.41, 5.74) is 7.91. The number of pyridine rings is 1. The van der Waals surface area contributed by atoms with Crippen LogP contribution in [-0.2, 0) is 5.54 Å². The van der Waals surface area contributed by atoms with Crippen LogP contribution in [0.4, 0.5) is 0 Å². The Morgan fingerprint density at radius 1 is 1.08 bits per heavy atom. The number of aromatic nitrogens is 3. The van der Waals surface area contributed by atoms with Crippen molar-refractivity contribution in [2.75, 3.05) is 0 Å². The summed E-state index contributed by atoms with van der Waals surface area (Å²) >= 11 is 0. The summed E-state index contributed by atoms with van der Waals surface area (Å²) in [5.74, 6) is 1.09. The smallest absolute Gasteiger partial charge is 0.250 e. The molecule has 1 aliphatic carbocycles. The van der Waals surface area contributed by atoms with Crippen LogP contribution in [-0.4, -0.2) is 15.1 Å². The van der Waals surface area contributed by atoms with Gasteiger partial charge in [0.2, 0.25) is 0 Å². The highest BCUT2D eigenvalue weighted by Gasteiger charge is 2.35. The van der Waals surface area contributed by atoms with Crippen molar-refractivity contribution in [3.8, 4) is 0 Å². The van der Waals surface area contributed by atoms with Gasteiger partial charge in [-0.15, -0.1) is 12.4 Å². The molecule has 3 aromatic rings. The maximum Gasteiger partial charge on any atom is 0.250 e. The van der Waals surface area contributed by atoms with Crippen LogP contribution in [0.3, 0.4) is 0 Å². The standard InChI is InChI=1S/C18H18N4O.ClH/c19-18(10-1-2-11-18)17-21-15(23-22-17)9-8-14-6-3-5-13-7-4-12-20-16(13)14;/h3-9,12H,1-2,10-11,19H2;1H/b9-8+;. The quantitative estimate of drug-likeness (QED) is 0.780. The zero-order chi connectivity index (χ0) is 15.7. The van der Waals surface area contributed by atoms with Gasteiger partial charge in [0.25, 0.3) is 5.89 Å². The van der Waals surface area contributed by atoms with Crippen LogP contribution in [0.1, 0.15) is 43.0 Å². The average molecular weight is 343 g/mol. The largest absolute Gasteiger partial charge is 0.335 e. The van der Waals surface area contributed by atoms with Crippen molar-refractivity contribution in [1.82, 2.24) is 15.1 Å². The van der Waals surface area contributed by atoms with Gasteiger partial charge in [-0.25, -0.2) is 0 Å². The topological polar surface area (TPSA) is 77.8 Å². The number of hydrogen-bond donors (Lipinski definition) is 1. The van der Waals surface area contributed by atoms with Crippen molar-refractivity contribution in [2.24, 2.45) is 5.73 Å². The van der Waals surface area contributed by atoms with E-state index in [1.54, 1.807) is 6.20 Å². The van der Waals surface area contributed by atoms with Crippen LogP contribution in [0.15, 0.2) is 41.1 Å². The number of fused-ring (bicyclic) bond motifs is 1. The van der Waals surface area contributed by atoms with Crippen LogP contribution >= 0.6 is 12.4 Å². The van der Waals surface area contributed by atoms with E-state index in [1.807, 2.05) is 42.5 Å². The Morgan fingerprint density at radius 3 is 2.71 bits per heavy atom. The van der Waals surface area contributed by atoms with E-state index in [0.717, 1.165) is 42.1 Å². The Kier molecular flexibility index (Phi) is 4.64. The molecule has 2 N–H and O–H groups in total. The third-order valence-electron chi connectivity index (χ3n) is 4.45. The lowest BCUT2D eigenvalue weighted by Crippen LogP contribution is -2.34. The molecule has 4 rings (SSSR count). The number of rotatable bonds is 3. The second-order valence-electron chi connectivity index (χ2n) is 6.08. The highest BCUT2D eigenvalue weighted by molar-refractivity contribution is 5.89. The highest BCUT2D eigenvalue weighted by Crippen LogP contribution is 2.34. The van der Waals surface area contributed by atoms with Crippen molar-refractivity contribution < 1.29 is 4.52 Å². The van der Waals surface area contributed by atoms with Gasteiger partial charge >= 0.3 is 0 Å². The molecule has 2 aromatic heterocycles. The summed E-state index contributed by atoms with van der Waals surface area (Å²) in [6, 6.07) is 10.1. The van der Waals surface area contributed by atoms with Gasteiger partial charge in [-0.1, -0.05) is 42.3 Å². The van der Waals surface area contributed by atoms with Crippen LogP contribution < -0.4 is 5.73 Å². The second-order valence-corrected chi connectivity index (χ2v) is 6.08. The normalized spacial score (nSPS) is 16.5. The number of para-hydroxylation sites is 1. The van der Waals surface area contributed by atoms with Crippen LogP contribution in [0, 0.1) is 0 Å². The van der Waals surface area contributed by atoms with E-state index in [4.69, 9.17) is 10.3 Å². The fourth-order valence-electron chi connectivity index (χ4n) is 3.16. The van der Waals surface area contributed by atoms with Gasteiger partial charge < -0.3 is 10.3 Å². The Bertz CT molecular complexity index is 863. The zero-order valence-electron chi connectivity index (χ0n) is 13.2. The second kappa shape index (κ2) is 6.71. The van der Waals surface area contributed by atoms with Gasteiger partial charge in [0.1, 0.15) is 0 Å². The van der Waals surface area contributed by atoms with Gasteiger partial charge in [0.15, 0.2) is 5.82 Å². The Balaban J connectivity index is 0.00000169. The Hall–Kier alpha value is -2.24. The molecular weight excluding hydrogens is 324 g/mol. The molecule has 0 radical (unpaired) electrons. The predicted octanol–water partition coefficient (Wildman–Crippen LogP) is 3.94. The van der Waals surface area contributed by atoms with Crippen LogP contribution in [0.25, 0.3) is 23.1 Å². The first-order chi connectivity index (χ1) is 11.2. The van der Waals surface area contributed by atoms with Crippen molar-refractivity contribution in [2.45, 2.75) is 31.2 Å². The summed E-state index contributed by atoms with van der Waals surface area (Å²) in [6.45, 7) is 0. The molecule has 0 atom stereocenters. The SMILES string of the molecule is Cl.NC1(c2noc(/C=C/c3cccc4cccnc34)n2)CCCC1. The molecule has 0 spiro atoms. The van der Waals surface area contributed by atoms with E-state index < -0.39 is 5.54 Å². The van der Waals surface area contributed by atoms with E-state index in [-0.39, 0.29) is 12.4 Å². The Labute approximate surface area is 146 Å². The maximum absolute atomic E-state index is 6.36. The van der Waals surface area contributed by atoms with Gasteiger partial charge in [-0.3, -0.25) is 4.98 Å². The van der Waals surface area contributed by atoms with E-state index >= 15 is 0 Å². The number of hydrogen-bond acceptors (Lipinski definition) is 5. The molecule has 0 bridgehead atoms. The number of nitrogens with zero attached hydrogens (tertiary/aromatic N) is 3.